The van der Waals surface area contributed by atoms with Crippen molar-refractivity contribution < 1.29 is 9.18 Å². The van der Waals surface area contributed by atoms with E-state index in [1.54, 1.807) is 30.5 Å². The van der Waals surface area contributed by atoms with Crippen molar-refractivity contribution in [3.63, 3.8) is 0 Å². The summed E-state index contributed by atoms with van der Waals surface area (Å²) in [6.45, 7) is 2.64. The Kier molecular flexibility index (Phi) is 4.42. The minimum absolute atomic E-state index is 0.262. The minimum Gasteiger partial charge on any atom is -0.326 e. The van der Waals surface area contributed by atoms with E-state index in [0.29, 0.717) is 24.5 Å². The number of hydrogen-bond donors (Lipinski definition) is 1. The molecule has 2 aromatic rings. The van der Waals surface area contributed by atoms with Gasteiger partial charge in [-0.15, -0.1) is 0 Å². The van der Waals surface area contributed by atoms with Crippen LogP contribution in [0.15, 0.2) is 42.6 Å². The van der Waals surface area contributed by atoms with Gasteiger partial charge in [-0.3, -0.25) is 9.78 Å². The van der Waals surface area contributed by atoms with E-state index in [0.717, 1.165) is 5.56 Å². The Bertz CT molecular complexity index is 598. The Morgan fingerprint density at radius 1 is 1.35 bits per heavy atom. The highest BCUT2D eigenvalue weighted by atomic mass is 19.1. The molecule has 104 valence electrons. The lowest BCUT2D eigenvalue weighted by molar-refractivity contribution is 0.0983. The molecule has 0 bridgehead atoms. The van der Waals surface area contributed by atoms with Crippen LogP contribution < -0.4 is 10.6 Å². The Morgan fingerprint density at radius 3 is 2.70 bits per heavy atom. The number of hydrogen-bond acceptors (Lipinski definition) is 3. The summed E-state index contributed by atoms with van der Waals surface area (Å²) >= 11 is 0. The summed E-state index contributed by atoms with van der Waals surface area (Å²) in [4.78, 5) is 18.0. The van der Waals surface area contributed by atoms with Crippen LogP contribution in [0.5, 0.6) is 0 Å². The van der Waals surface area contributed by atoms with Crippen LogP contribution in [0.25, 0.3) is 0 Å². The van der Waals surface area contributed by atoms with Gasteiger partial charge in [0.1, 0.15) is 11.5 Å². The summed E-state index contributed by atoms with van der Waals surface area (Å²) in [5.41, 5.74) is 7.18. The van der Waals surface area contributed by atoms with Crippen molar-refractivity contribution >= 4 is 11.6 Å². The van der Waals surface area contributed by atoms with Gasteiger partial charge in [0.15, 0.2) is 0 Å². The molecule has 1 amide bonds. The van der Waals surface area contributed by atoms with E-state index >= 15 is 0 Å². The van der Waals surface area contributed by atoms with Crippen molar-refractivity contribution in [2.75, 3.05) is 11.4 Å². The summed E-state index contributed by atoms with van der Waals surface area (Å²) < 4.78 is 13.3. The van der Waals surface area contributed by atoms with E-state index in [9.17, 15) is 9.18 Å². The van der Waals surface area contributed by atoms with Crippen LogP contribution >= 0.6 is 0 Å². The fourth-order valence-corrected chi connectivity index (χ4v) is 1.90. The molecular formula is C15H16FN3O. The maximum atomic E-state index is 13.3. The van der Waals surface area contributed by atoms with Crippen molar-refractivity contribution in [2.45, 2.75) is 13.5 Å². The lowest BCUT2D eigenvalue weighted by Gasteiger charge is -2.20. The standard InChI is InChI=1S/C15H16FN3O/c1-2-19(13-5-3-4-12(16)8-13)15(20)14-7-6-11(9-17)10-18-14/h3-8,10H,2,9,17H2,1H3. The van der Waals surface area contributed by atoms with E-state index in [4.69, 9.17) is 5.73 Å². The van der Waals surface area contributed by atoms with E-state index in [1.807, 2.05) is 6.92 Å². The third-order valence-corrected chi connectivity index (χ3v) is 2.96. The molecule has 2 rings (SSSR count). The van der Waals surface area contributed by atoms with E-state index < -0.39 is 0 Å². The highest BCUT2D eigenvalue weighted by Gasteiger charge is 2.17. The molecular weight excluding hydrogens is 257 g/mol. The number of carbonyl (C=O) groups is 1. The van der Waals surface area contributed by atoms with Crippen molar-refractivity contribution in [2.24, 2.45) is 5.73 Å². The summed E-state index contributed by atoms with van der Waals surface area (Å²) in [5, 5.41) is 0. The van der Waals surface area contributed by atoms with Crippen molar-refractivity contribution in [3.05, 3.63) is 59.7 Å². The smallest absolute Gasteiger partial charge is 0.276 e. The van der Waals surface area contributed by atoms with Gasteiger partial charge < -0.3 is 10.6 Å². The first kappa shape index (κ1) is 14.1. The number of rotatable bonds is 4. The molecule has 1 aromatic carbocycles. The number of carbonyl (C=O) groups excluding carboxylic acids is 1. The normalized spacial score (nSPS) is 10.3. The molecule has 0 atom stereocenters. The Balaban J connectivity index is 2.28. The number of halogens is 1. The molecule has 0 spiro atoms. The summed E-state index contributed by atoms with van der Waals surface area (Å²) in [7, 11) is 0. The van der Waals surface area contributed by atoms with Gasteiger partial charge >= 0.3 is 0 Å². The Labute approximate surface area is 117 Å². The molecule has 20 heavy (non-hydrogen) atoms. The molecule has 4 nitrogen and oxygen atoms in total. The van der Waals surface area contributed by atoms with E-state index in [1.165, 1.54) is 17.0 Å². The number of nitrogens with two attached hydrogens (primary N) is 1. The zero-order chi connectivity index (χ0) is 14.5. The zero-order valence-corrected chi connectivity index (χ0v) is 11.2. The maximum Gasteiger partial charge on any atom is 0.276 e. The number of amides is 1. The largest absolute Gasteiger partial charge is 0.326 e. The molecule has 0 fully saturated rings. The molecule has 0 saturated heterocycles. The van der Waals surface area contributed by atoms with Crippen LogP contribution in [-0.4, -0.2) is 17.4 Å². The Morgan fingerprint density at radius 2 is 2.15 bits per heavy atom. The second-order valence-corrected chi connectivity index (χ2v) is 4.29. The quantitative estimate of drug-likeness (QED) is 0.930. The molecule has 0 unspecified atom stereocenters. The fourth-order valence-electron chi connectivity index (χ4n) is 1.90. The molecule has 2 N–H and O–H groups in total. The van der Waals surface area contributed by atoms with E-state index in [2.05, 4.69) is 4.98 Å². The van der Waals surface area contributed by atoms with Gasteiger partial charge in [0.25, 0.3) is 5.91 Å². The third kappa shape index (κ3) is 3.00. The van der Waals surface area contributed by atoms with Gasteiger partial charge in [-0.1, -0.05) is 12.1 Å². The summed E-state index contributed by atoms with van der Waals surface area (Å²) in [6, 6.07) is 9.34. The SMILES string of the molecule is CCN(C(=O)c1ccc(CN)cn1)c1cccc(F)c1. The highest BCUT2D eigenvalue weighted by Crippen LogP contribution is 2.17. The zero-order valence-electron chi connectivity index (χ0n) is 11.2. The maximum absolute atomic E-state index is 13.3. The molecule has 1 aromatic heterocycles. The summed E-state index contributed by atoms with van der Waals surface area (Å²) in [5.74, 6) is -0.637. The summed E-state index contributed by atoms with van der Waals surface area (Å²) in [6.07, 6.45) is 1.58. The van der Waals surface area contributed by atoms with Crippen molar-refractivity contribution in [3.8, 4) is 0 Å². The topological polar surface area (TPSA) is 59.2 Å². The van der Waals surface area contributed by atoms with Crippen LogP contribution in [0, 0.1) is 5.82 Å². The lowest BCUT2D eigenvalue weighted by Crippen LogP contribution is -2.31. The second kappa shape index (κ2) is 6.25. The van der Waals surface area contributed by atoms with Gasteiger partial charge in [0.2, 0.25) is 0 Å². The van der Waals surface area contributed by atoms with Crippen LogP contribution in [0.4, 0.5) is 10.1 Å². The predicted molar refractivity (Wildman–Crippen MR) is 75.9 cm³/mol. The number of anilines is 1. The fraction of sp³-hybridized carbons (Fsp3) is 0.200. The van der Waals surface area contributed by atoms with Crippen molar-refractivity contribution in [1.29, 1.82) is 0 Å². The molecule has 0 aliphatic carbocycles. The molecule has 5 heteroatoms. The number of aromatic nitrogens is 1. The Hall–Kier alpha value is -2.27. The molecule has 0 aliphatic rings. The van der Waals surface area contributed by atoms with Gasteiger partial charge in [-0.05, 0) is 36.8 Å². The molecule has 0 aliphatic heterocycles. The molecule has 1 heterocycles. The number of nitrogens with zero attached hydrogens (tertiary/aromatic N) is 2. The average molecular weight is 273 g/mol. The van der Waals surface area contributed by atoms with Gasteiger partial charge in [0.05, 0.1) is 0 Å². The predicted octanol–water partition coefficient (Wildman–Crippen LogP) is 2.35. The average Bonchev–Trinajstić information content (AvgIpc) is 2.48. The van der Waals surface area contributed by atoms with Crippen LogP contribution in [0.1, 0.15) is 23.0 Å². The highest BCUT2D eigenvalue weighted by molar-refractivity contribution is 6.04. The monoisotopic (exact) mass is 273 g/mol. The van der Waals surface area contributed by atoms with E-state index in [-0.39, 0.29) is 11.7 Å². The van der Waals surface area contributed by atoms with Crippen LogP contribution in [-0.2, 0) is 6.54 Å². The first-order chi connectivity index (χ1) is 9.65. The molecule has 0 radical (unpaired) electrons. The lowest BCUT2D eigenvalue weighted by atomic mass is 10.2. The first-order valence-electron chi connectivity index (χ1n) is 6.38. The number of pyridine rings is 1. The minimum atomic E-state index is -0.375. The third-order valence-electron chi connectivity index (χ3n) is 2.96. The van der Waals surface area contributed by atoms with Gasteiger partial charge in [-0.2, -0.15) is 0 Å². The molecule has 0 saturated carbocycles. The van der Waals surface area contributed by atoms with Crippen molar-refractivity contribution in [1.82, 2.24) is 4.98 Å². The first-order valence-corrected chi connectivity index (χ1v) is 6.38. The van der Waals surface area contributed by atoms with Crippen LogP contribution in [0.3, 0.4) is 0 Å². The van der Waals surface area contributed by atoms with Crippen LogP contribution in [0.2, 0.25) is 0 Å². The van der Waals surface area contributed by atoms with Gasteiger partial charge in [0, 0.05) is 25.0 Å². The second-order valence-electron chi connectivity index (χ2n) is 4.29. The number of benzene rings is 1. The van der Waals surface area contributed by atoms with Gasteiger partial charge in [-0.25, -0.2) is 4.39 Å².